The molecule has 0 aromatic heterocycles. The summed E-state index contributed by atoms with van der Waals surface area (Å²) in [6.45, 7) is 7.72. The van der Waals surface area contributed by atoms with E-state index in [4.69, 9.17) is 0 Å². The van der Waals surface area contributed by atoms with Gasteiger partial charge in [-0.05, 0) is 50.9 Å². The standard InChI is InChI=1S/C19H29N3O3S/c1-15-6-7-16(2)18(13-15)26(24,25)22-8-4-5-17(14-22)19(23)21-11-9-20(3)10-12-21/h6-7,13,17H,4-5,8-12,14H2,1-3H3. The number of benzene rings is 1. The van der Waals surface area contributed by atoms with Crippen molar-refractivity contribution in [3.8, 4) is 0 Å². The summed E-state index contributed by atoms with van der Waals surface area (Å²) in [5.41, 5.74) is 1.68. The highest BCUT2D eigenvalue weighted by molar-refractivity contribution is 7.89. The van der Waals surface area contributed by atoms with Gasteiger partial charge in [-0.25, -0.2) is 8.42 Å². The summed E-state index contributed by atoms with van der Waals surface area (Å²) in [6, 6.07) is 5.50. The van der Waals surface area contributed by atoms with Gasteiger partial charge in [0.25, 0.3) is 0 Å². The predicted molar refractivity (Wildman–Crippen MR) is 101 cm³/mol. The molecule has 2 aliphatic heterocycles. The molecule has 1 amide bonds. The number of carbonyl (C=O) groups excluding carboxylic acids is 1. The van der Waals surface area contributed by atoms with Gasteiger partial charge in [-0.3, -0.25) is 4.79 Å². The first-order valence-corrected chi connectivity index (χ1v) is 10.8. The molecular formula is C19H29N3O3S. The van der Waals surface area contributed by atoms with Crippen LogP contribution in [0, 0.1) is 19.8 Å². The van der Waals surface area contributed by atoms with Gasteiger partial charge < -0.3 is 9.80 Å². The number of carbonyl (C=O) groups is 1. The first-order chi connectivity index (χ1) is 12.3. The minimum absolute atomic E-state index is 0.110. The molecule has 26 heavy (non-hydrogen) atoms. The number of amides is 1. The van der Waals surface area contributed by atoms with Crippen LogP contribution in [-0.2, 0) is 14.8 Å². The summed E-state index contributed by atoms with van der Waals surface area (Å²) in [5.74, 6) is -0.119. The number of hydrogen-bond acceptors (Lipinski definition) is 4. The van der Waals surface area contributed by atoms with Crippen LogP contribution >= 0.6 is 0 Å². The number of piperazine rings is 1. The van der Waals surface area contributed by atoms with Gasteiger partial charge in [-0.15, -0.1) is 0 Å². The van der Waals surface area contributed by atoms with Crippen LogP contribution in [0.15, 0.2) is 23.1 Å². The van der Waals surface area contributed by atoms with Crippen molar-refractivity contribution in [2.75, 3.05) is 46.3 Å². The van der Waals surface area contributed by atoms with Crippen molar-refractivity contribution in [3.63, 3.8) is 0 Å². The minimum atomic E-state index is -3.57. The highest BCUT2D eigenvalue weighted by atomic mass is 32.2. The van der Waals surface area contributed by atoms with Crippen LogP contribution in [0.5, 0.6) is 0 Å². The Bertz CT molecular complexity index is 770. The molecule has 0 saturated carbocycles. The zero-order valence-electron chi connectivity index (χ0n) is 15.9. The number of aryl methyl sites for hydroxylation is 2. The summed E-state index contributed by atoms with van der Waals surface area (Å²) in [6.07, 6.45) is 1.50. The van der Waals surface area contributed by atoms with Crippen molar-refractivity contribution in [1.82, 2.24) is 14.1 Å². The molecule has 1 aromatic carbocycles. The Hall–Kier alpha value is -1.44. The van der Waals surface area contributed by atoms with Gasteiger partial charge in [0.1, 0.15) is 0 Å². The Labute approximate surface area is 156 Å². The van der Waals surface area contributed by atoms with Crippen molar-refractivity contribution in [3.05, 3.63) is 29.3 Å². The number of likely N-dealkylation sites (N-methyl/N-ethyl adjacent to an activating group) is 1. The van der Waals surface area contributed by atoms with Gasteiger partial charge in [0.2, 0.25) is 15.9 Å². The van der Waals surface area contributed by atoms with Gasteiger partial charge in [-0.1, -0.05) is 12.1 Å². The van der Waals surface area contributed by atoms with E-state index in [1.165, 1.54) is 4.31 Å². The maximum atomic E-state index is 13.1. The number of sulfonamides is 1. The number of rotatable bonds is 3. The third kappa shape index (κ3) is 3.94. The molecule has 1 atom stereocenters. The summed E-state index contributed by atoms with van der Waals surface area (Å²) < 4.78 is 27.8. The monoisotopic (exact) mass is 379 g/mol. The van der Waals surface area contributed by atoms with Gasteiger partial charge in [0.15, 0.2) is 0 Å². The fraction of sp³-hybridized carbons (Fsp3) is 0.632. The first-order valence-electron chi connectivity index (χ1n) is 9.34. The van der Waals surface area contributed by atoms with Crippen LogP contribution in [0.4, 0.5) is 0 Å². The van der Waals surface area contributed by atoms with Crippen molar-refractivity contribution < 1.29 is 13.2 Å². The number of hydrogen-bond donors (Lipinski definition) is 0. The molecule has 7 heteroatoms. The molecule has 2 saturated heterocycles. The fourth-order valence-corrected chi connectivity index (χ4v) is 5.61. The van der Waals surface area contributed by atoms with E-state index in [2.05, 4.69) is 11.9 Å². The van der Waals surface area contributed by atoms with Crippen LogP contribution in [0.3, 0.4) is 0 Å². The van der Waals surface area contributed by atoms with E-state index in [9.17, 15) is 13.2 Å². The predicted octanol–water partition coefficient (Wildman–Crippen LogP) is 1.48. The van der Waals surface area contributed by atoms with E-state index in [1.54, 1.807) is 6.07 Å². The van der Waals surface area contributed by atoms with Crippen molar-refractivity contribution >= 4 is 15.9 Å². The summed E-state index contributed by atoms with van der Waals surface area (Å²) in [7, 11) is -1.51. The fourth-order valence-electron chi connectivity index (χ4n) is 3.77. The van der Waals surface area contributed by atoms with Gasteiger partial charge in [0, 0.05) is 39.3 Å². The quantitative estimate of drug-likeness (QED) is 0.798. The second-order valence-corrected chi connectivity index (χ2v) is 9.51. The Morgan fingerprint density at radius 2 is 1.77 bits per heavy atom. The maximum Gasteiger partial charge on any atom is 0.243 e. The van der Waals surface area contributed by atoms with E-state index in [0.717, 1.165) is 50.1 Å². The van der Waals surface area contributed by atoms with Gasteiger partial charge in [0.05, 0.1) is 10.8 Å². The molecule has 0 bridgehead atoms. The Morgan fingerprint density at radius 3 is 2.46 bits per heavy atom. The molecule has 1 unspecified atom stereocenters. The molecule has 2 aliphatic rings. The Kier molecular flexibility index (Phi) is 5.69. The molecule has 0 radical (unpaired) electrons. The minimum Gasteiger partial charge on any atom is -0.340 e. The molecule has 144 valence electrons. The van der Waals surface area contributed by atoms with E-state index in [0.29, 0.717) is 18.0 Å². The number of nitrogens with zero attached hydrogens (tertiary/aromatic N) is 3. The molecule has 1 aromatic rings. The lowest BCUT2D eigenvalue weighted by atomic mass is 9.98. The van der Waals surface area contributed by atoms with E-state index >= 15 is 0 Å². The molecule has 2 heterocycles. The molecule has 2 fully saturated rings. The molecular weight excluding hydrogens is 350 g/mol. The van der Waals surface area contributed by atoms with Gasteiger partial charge in [-0.2, -0.15) is 4.31 Å². The van der Waals surface area contributed by atoms with E-state index < -0.39 is 10.0 Å². The second-order valence-electron chi connectivity index (χ2n) is 7.60. The Balaban J connectivity index is 1.75. The van der Waals surface area contributed by atoms with Crippen LogP contribution in [-0.4, -0.2) is 74.7 Å². The topological polar surface area (TPSA) is 60.9 Å². The molecule has 0 spiro atoms. The summed E-state index contributed by atoms with van der Waals surface area (Å²) in [4.78, 5) is 17.4. The van der Waals surface area contributed by atoms with Crippen molar-refractivity contribution in [1.29, 1.82) is 0 Å². The zero-order chi connectivity index (χ0) is 18.9. The normalized spacial score (nSPS) is 23.2. The largest absolute Gasteiger partial charge is 0.340 e. The van der Waals surface area contributed by atoms with Crippen molar-refractivity contribution in [2.45, 2.75) is 31.6 Å². The average Bonchev–Trinajstić information content (AvgIpc) is 2.64. The lowest BCUT2D eigenvalue weighted by Crippen LogP contribution is -2.52. The highest BCUT2D eigenvalue weighted by Crippen LogP contribution is 2.27. The first kappa shape index (κ1) is 19.3. The third-order valence-corrected chi connectivity index (χ3v) is 7.52. The maximum absolute atomic E-state index is 13.1. The molecule has 3 rings (SSSR count). The van der Waals surface area contributed by atoms with E-state index in [1.807, 2.05) is 30.9 Å². The summed E-state index contributed by atoms with van der Waals surface area (Å²) >= 11 is 0. The van der Waals surface area contributed by atoms with E-state index in [-0.39, 0.29) is 11.8 Å². The van der Waals surface area contributed by atoms with Crippen molar-refractivity contribution in [2.24, 2.45) is 5.92 Å². The van der Waals surface area contributed by atoms with Gasteiger partial charge >= 0.3 is 0 Å². The smallest absolute Gasteiger partial charge is 0.243 e. The lowest BCUT2D eigenvalue weighted by molar-refractivity contribution is -0.138. The SMILES string of the molecule is Cc1ccc(C)c(S(=O)(=O)N2CCCC(C(=O)N3CCN(C)CC3)C2)c1. The zero-order valence-corrected chi connectivity index (χ0v) is 16.8. The number of piperidine rings is 1. The highest BCUT2D eigenvalue weighted by Gasteiger charge is 2.36. The Morgan fingerprint density at radius 1 is 1.08 bits per heavy atom. The van der Waals surface area contributed by atoms with Crippen LogP contribution < -0.4 is 0 Å². The molecule has 0 N–H and O–H groups in total. The average molecular weight is 380 g/mol. The second kappa shape index (κ2) is 7.66. The van der Waals surface area contributed by atoms with Crippen LogP contribution in [0.2, 0.25) is 0 Å². The van der Waals surface area contributed by atoms with Crippen LogP contribution in [0.25, 0.3) is 0 Å². The molecule has 0 aliphatic carbocycles. The molecule has 6 nitrogen and oxygen atoms in total. The lowest BCUT2D eigenvalue weighted by Gasteiger charge is -2.37. The summed E-state index contributed by atoms with van der Waals surface area (Å²) in [5, 5.41) is 0. The third-order valence-electron chi connectivity index (χ3n) is 5.51. The van der Waals surface area contributed by atoms with Crippen LogP contribution in [0.1, 0.15) is 24.0 Å².